The summed E-state index contributed by atoms with van der Waals surface area (Å²) in [5.41, 5.74) is 9.73. The van der Waals surface area contributed by atoms with Gasteiger partial charge in [0.1, 0.15) is 17.6 Å². The van der Waals surface area contributed by atoms with E-state index in [1.54, 1.807) is 36.0 Å². The number of benzene rings is 3. The molecule has 0 aromatic heterocycles. The molecule has 1 aliphatic heterocycles. The average molecular weight is 576 g/mol. The predicted molar refractivity (Wildman–Crippen MR) is 163 cm³/mol. The van der Waals surface area contributed by atoms with Gasteiger partial charge >= 0.3 is 5.97 Å². The largest absolute Gasteiger partial charge is 0.458 e. The van der Waals surface area contributed by atoms with Crippen molar-refractivity contribution < 1.29 is 18.7 Å². The molecule has 1 aliphatic rings. The van der Waals surface area contributed by atoms with Crippen LogP contribution in [0.5, 0.6) is 0 Å². The van der Waals surface area contributed by atoms with E-state index in [0.717, 1.165) is 10.4 Å². The van der Waals surface area contributed by atoms with Crippen LogP contribution in [0.15, 0.2) is 96.1 Å². The first-order valence-corrected chi connectivity index (χ1v) is 16.7. The van der Waals surface area contributed by atoms with Gasteiger partial charge in [0.25, 0.3) is 8.32 Å². The van der Waals surface area contributed by atoms with Gasteiger partial charge in [0, 0.05) is 10.8 Å². The highest BCUT2D eigenvalue weighted by Gasteiger charge is 2.52. The van der Waals surface area contributed by atoms with Crippen LogP contribution in [0.1, 0.15) is 38.1 Å². The van der Waals surface area contributed by atoms with Crippen molar-refractivity contribution in [2.24, 2.45) is 11.0 Å². The average Bonchev–Trinajstić information content (AvgIpc) is 2.97. The van der Waals surface area contributed by atoms with Crippen molar-refractivity contribution >= 4 is 36.4 Å². The van der Waals surface area contributed by atoms with E-state index in [2.05, 4.69) is 55.1 Å². The first-order chi connectivity index (χ1) is 19.2. The fourth-order valence-corrected chi connectivity index (χ4v) is 11.0. The molecule has 0 amide bonds. The van der Waals surface area contributed by atoms with Gasteiger partial charge in [-0.25, -0.2) is 4.79 Å². The number of hydrogen-bond donors (Lipinski definition) is 0. The van der Waals surface area contributed by atoms with Gasteiger partial charge in [-0.3, -0.25) is 0 Å². The van der Waals surface area contributed by atoms with Crippen LogP contribution in [0.4, 0.5) is 0 Å². The van der Waals surface area contributed by atoms with Crippen LogP contribution in [-0.2, 0) is 13.9 Å². The minimum Gasteiger partial charge on any atom is -0.458 e. The molecule has 0 aliphatic carbocycles. The third-order valence-corrected chi connectivity index (χ3v) is 13.5. The van der Waals surface area contributed by atoms with E-state index in [1.807, 2.05) is 55.6 Å². The minimum absolute atomic E-state index is 0.181. The first kappa shape index (κ1) is 29.9. The van der Waals surface area contributed by atoms with Crippen LogP contribution in [0, 0.1) is 5.92 Å². The molecule has 0 N–H and O–H groups in total. The number of azide groups is 1. The van der Waals surface area contributed by atoms with E-state index in [4.69, 9.17) is 13.9 Å². The maximum absolute atomic E-state index is 13.1. The van der Waals surface area contributed by atoms with Gasteiger partial charge in [-0.2, -0.15) is 0 Å². The van der Waals surface area contributed by atoms with Gasteiger partial charge in [-0.1, -0.05) is 112 Å². The molecule has 4 rings (SSSR count). The van der Waals surface area contributed by atoms with Gasteiger partial charge in [-0.05, 0) is 39.3 Å². The molecule has 0 saturated carbocycles. The number of carbonyl (C=O) groups is 1. The number of ether oxygens (including phenoxy) is 2. The summed E-state index contributed by atoms with van der Waals surface area (Å²) < 4.78 is 19.7. The Labute approximate surface area is 242 Å². The van der Waals surface area contributed by atoms with Crippen molar-refractivity contribution in [1.82, 2.24) is 0 Å². The van der Waals surface area contributed by atoms with Gasteiger partial charge in [0.2, 0.25) is 0 Å². The number of hydrogen-bond acceptors (Lipinski definition) is 6. The van der Waals surface area contributed by atoms with Crippen molar-refractivity contribution in [3.05, 3.63) is 107 Å². The summed E-state index contributed by atoms with van der Waals surface area (Å²) in [6.07, 6.45) is 0.674. The zero-order chi connectivity index (χ0) is 28.8. The maximum Gasteiger partial charge on any atom is 0.338 e. The van der Waals surface area contributed by atoms with Crippen molar-refractivity contribution in [2.75, 3.05) is 12.9 Å². The smallest absolute Gasteiger partial charge is 0.338 e. The number of rotatable bonds is 9. The molecule has 5 atom stereocenters. The lowest BCUT2D eigenvalue weighted by Crippen LogP contribution is -2.68. The van der Waals surface area contributed by atoms with Crippen LogP contribution < -0.4 is 10.4 Å². The normalized spacial score (nSPS) is 23.2. The molecular weight excluding hydrogens is 539 g/mol. The maximum atomic E-state index is 13.1. The molecule has 3 aromatic carbocycles. The summed E-state index contributed by atoms with van der Waals surface area (Å²) in [6, 6.07) is 28.8. The Morgan fingerprint density at radius 1 is 0.975 bits per heavy atom. The second-order valence-corrected chi connectivity index (χ2v) is 16.3. The van der Waals surface area contributed by atoms with Crippen molar-refractivity contribution in [3.8, 4) is 0 Å². The van der Waals surface area contributed by atoms with Crippen molar-refractivity contribution in [3.63, 3.8) is 0 Å². The molecule has 3 aromatic rings. The molecule has 0 bridgehead atoms. The van der Waals surface area contributed by atoms with E-state index in [-0.39, 0.29) is 23.0 Å². The van der Waals surface area contributed by atoms with Crippen molar-refractivity contribution in [2.45, 2.75) is 56.4 Å². The Bertz CT molecular complexity index is 1260. The Morgan fingerprint density at radius 3 is 1.98 bits per heavy atom. The molecule has 40 heavy (non-hydrogen) atoms. The van der Waals surface area contributed by atoms with E-state index >= 15 is 0 Å². The molecule has 9 heteroatoms. The summed E-state index contributed by atoms with van der Waals surface area (Å²) in [7, 11) is -2.87. The number of nitrogens with zero attached hydrogens (tertiary/aromatic N) is 3. The van der Waals surface area contributed by atoms with E-state index in [9.17, 15) is 10.3 Å². The Balaban J connectivity index is 1.72. The number of thioether (sulfide) groups is 1. The molecule has 2 unspecified atom stereocenters. The summed E-state index contributed by atoms with van der Waals surface area (Å²) in [4.78, 5) is 16.2. The molecular formula is C31H37N3O4SSi. The third-order valence-electron chi connectivity index (χ3n) is 7.52. The molecule has 0 spiro atoms. The molecule has 1 heterocycles. The zero-order valence-electron chi connectivity index (χ0n) is 23.6. The molecule has 210 valence electrons. The zero-order valence-corrected chi connectivity index (χ0v) is 25.5. The quantitative estimate of drug-likeness (QED) is 0.0997. The summed E-state index contributed by atoms with van der Waals surface area (Å²) in [6.45, 7) is 8.78. The van der Waals surface area contributed by atoms with Gasteiger partial charge < -0.3 is 13.9 Å². The number of carbonyl (C=O) groups excluding carboxylic acids is 1. The van der Waals surface area contributed by atoms with Crippen LogP contribution in [0.3, 0.4) is 0 Å². The van der Waals surface area contributed by atoms with E-state index in [0.29, 0.717) is 5.56 Å². The standard InChI is InChI=1S/C31H37N3O4SSi/c1-22-28(38-29(35)23-15-9-6-10-16-23)27(33-34-32)26(37-30(22)39-5)21-36-40(31(2,3)4,24-17-11-7-12-18-24)25-19-13-8-14-20-25/h6-20,22,26-28,30H,21H2,1-5H3/t22?,26?,27-,28+,30-/m0/s1. The van der Waals surface area contributed by atoms with Gasteiger partial charge in [-0.15, -0.1) is 11.8 Å². The fourth-order valence-electron chi connectivity index (χ4n) is 5.57. The summed E-state index contributed by atoms with van der Waals surface area (Å²) in [5.74, 6) is -0.661. The van der Waals surface area contributed by atoms with Crippen LogP contribution in [0.25, 0.3) is 10.4 Å². The van der Waals surface area contributed by atoms with E-state index < -0.39 is 32.5 Å². The van der Waals surface area contributed by atoms with Crippen molar-refractivity contribution in [1.29, 1.82) is 0 Å². The molecule has 1 fully saturated rings. The fraction of sp³-hybridized carbons (Fsp3) is 0.387. The summed E-state index contributed by atoms with van der Waals surface area (Å²) in [5, 5.41) is 6.18. The SMILES string of the molecule is CS[C@@H]1OC(CO[Si](c2ccccc2)(c2ccccc2)C(C)(C)C)[C@H](N=[N+]=[N-])[C@H](OC(=O)c2ccccc2)C1C. The Morgan fingerprint density at radius 2 is 1.50 bits per heavy atom. The lowest BCUT2D eigenvalue weighted by atomic mass is 9.91. The minimum atomic E-state index is -2.87. The van der Waals surface area contributed by atoms with E-state index in [1.165, 1.54) is 0 Å². The lowest BCUT2D eigenvalue weighted by molar-refractivity contribution is -0.124. The lowest BCUT2D eigenvalue weighted by Gasteiger charge is -2.47. The Hall–Kier alpha value is -3.07. The van der Waals surface area contributed by atoms with Crippen LogP contribution >= 0.6 is 11.8 Å². The second kappa shape index (κ2) is 13.1. The monoisotopic (exact) mass is 575 g/mol. The Kier molecular flexibility index (Phi) is 9.76. The van der Waals surface area contributed by atoms with Gasteiger partial charge in [0.15, 0.2) is 0 Å². The topological polar surface area (TPSA) is 93.5 Å². The van der Waals surface area contributed by atoms with Crippen LogP contribution in [-0.4, -0.2) is 50.8 Å². The highest BCUT2D eigenvalue weighted by atomic mass is 32.2. The highest BCUT2D eigenvalue weighted by molar-refractivity contribution is 7.99. The molecule has 7 nitrogen and oxygen atoms in total. The first-order valence-electron chi connectivity index (χ1n) is 13.5. The third kappa shape index (κ3) is 6.14. The highest BCUT2D eigenvalue weighted by Crippen LogP contribution is 2.39. The van der Waals surface area contributed by atoms with Crippen LogP contribution in [0.2, 0.25) is 5.04 Å². The summed E-state index contributed by atoms with van der Waals surface area (Å²) >= 11 is 1.54. The second-order valence-electron chi connectivity index (χ2n) is 11.0. The van der Waals surface area contributed by atoms with Gasteiger partial charge in [0.05, 0.1) is 18.3 Å². The number of esters is 1. The molecule has 0 radical (unpaired) electrons. The molecule has 1 saturated heterocycles. The predicted octanol–water partition coefficient (Wildman–Crippen LogP) is 6.19.